The molecule has 3 heteroatoms. The van der Waals surface area contributed by atoms with E-state index in [-0.39, 0.29) is 5.91 Å². The molecule has 0 aliphatic carbocycles. The van der Waals surface area contributed by atoms with Crippen LogP contribution >= 0.6 is 0 Å². The fourth-order valence-corrected chi connectivity index (χ4v) is 3.33. The highest BCUT2D eigenvalue weighted by molar-refractivity contribution is 5.94. The van der Waals surface area contributed by atoms with Crippen molar-refractivity contribution in [2.75, 3.05) is 4.90 Å². The molecule has 124 valence electrons. The summed E-state index contributed by atoms with van der Waals surface area (Å²) in [5.41, 5.74) is 4.82. The van der Waals surface area contributed by atoms with Gasteiger partial charge in [0.05, 0.1) is 6.54 Å². The van der Waals surface area contributed by atoms with Crippen LogP contribution in [0.15, 0.2) is 48.5 Å². The van der Waals surface area contributed by atoms with Crippen molar-refractivity contribution >= 4 is 17.9 Å². The predicted molar refractivity (Wildman–Crippen MR) is 96.0 cm³/mol. The van der Waals surface area contributed by atoms with Crippen LogP contribution in [-0.2, 0) is 29.0 Å². The molecule has 0 radical (unpaired) electrons. The molecule has 1 amide bonds. The quantitative estimate of drug-likeness (QED) is 0.615. The number of hydrogen-bond donors (Lipinski definition) is 0. The largest absolute Gasteiger partial charge is 0.308 e. The monoisotopic (exact) mass is 321 g/mol. The number of carbonyl (C=O) groups excluding carboxylic acids is 2. The lowest BCUT2D eigenvalue weighted by atomic mass is 9.95. The summed E-state index contributed by atoms with van der Waals surface area (Å²) < 4.78 is 0. The van der Waals surface area contributed by atoms with Gasteiger partial charge in [0.1, 0.15) is 6.29 Å². The number of anilines is 1. The van der Waals surface area contributed by atoms with Crippen LogP contribution in [0.1, 0.15) is 42.4 Å². The molecular formula is C21H23NO2. The molecule has 0 N–H and O–H groups in total. The average molecular weight is 321 g/mol. The van der Waals surface area contributed by atoms with Gasteiger partial charge in [-0.05, 0) is 48.4 Å². The van der Waals surface area contributed by atoms with E-state index >= 15 is 0 Å². The fraction of sp³-hybridized carbons (Fsp3) is 0.333. The van der Waals surface area contributed by atoms with E-state index in [9.17, 15) is 9.59 Å². The van der Waals surface area contributed by atoms with E-state index in [0.717, 1.165) is 37.7 Å². The van der Waals surface area contributed by atoms with Gasteiger partial charge >= 0.3 is 0 Å². The van der Waals surface area contributed by atoms with Gasteiger partial charge in [0, 0.05) is 18.5 Å². The minimum absolute atomic E-state index is 0.144. The third-order valence-corrected chi connectivity index (χ3v) is 4.66. The van der Waals surface area contributed by atoms with Gasteiger partial charge in [-0.15, -0.1) is 0 Å². The lowest BCUT2D eigenvalue weighted by Crippen LogP contribution is -2.32. The van der Waals surface area contributed by atoms with Gasteiger partial charge in [-0.2, -0.15) is 0 Å². The summed E-state index contributed by atoms with van der Waals surface area (Å²) in [7, 11) is 0. The Bertz CT molecular complexity index is 723. The lowest BCUT2D eigenvalue weighted by molar-refractivity contribution is -0.119. The van der Waals surface area contributed by atoms with Crippen molar-refractivity contribution in [3.8, 4) is 0 Å². The Morgan fingerprint density at radius 2 is 1.58 bits per heavy atom. The van der Waals surface area contributed by atoms with Crippen LogP contribution in [0.5, 0.6) is 0 Å². The summed E-state index contributed by atoms with van der Waals surface area (Å²) in [6.07, 6.45) is 5.44. The standard InChI is InChI=1S/C21H23NO2/c23-15-7-1-2-12-21(24)22-16-19-10-4-3-8-17(19)13-14-18-9-5-6-11-20(18)22/h3-6,8-11,15H,1-2,7,12-14,16H2. The number of nitrogens with zero attached hydrogens (tertiary/aromatic N) is 1. The SMILES string of the molecule is O=CCCCCC(=O)N1Cc2ccccc2CCc2ccccc21. The minimum atomic E-state index is 0.144. The number of carbonyl (C=O) groups is 2. The molecule has 0 atom stereocenters. The van der Waals surface area contributed by atoms with Crippen molar-refractivity contribution < 1.29 is 9.59 Å². The number of aryl methyl sites for hydroxylation is 2. The van der Waals surface area contributed by atoms with Crippen molar-refractivity contribution in [1.82, 2.24) is 0 Å². The van der Waals surface area contributed by atoms with Gasteiger partial charge in [0.2, 0.25) is 5.91 Å². The van der Waals surface area contributed by atoms with Gasteiger partial charge < -0.3 is 9.69 Å². The maximum absolute atomic E-state index is 12.8. The first-order valence-corrected chi connectivity index (χ1v) is 8.68. The molecule has 0 aromatic heterocycles. The Balaban J connectivity index is 1.86. The van der Waals surface area contributed by atoms with Gasteiger partial charge in [-0.25, -0.2) is 0 Å². The number of fused-ring (bicyclic) bond motifs is 2. The van der Waals surface area contributed by atoms with E-state index in [0.29, 0.717) is 19.4 Å². The molecule has 24 heavy (non-hydrogen) atoms. The molecule has 0 unspecified atom stereocenters. The van der Waals surface area contributed by atoms with Crippen molar-refractivity contribution in [2.24, 2.45) is 0 Å². The number of unbranched alkanes of at least 4 members (excludes halogenated alkanes) is 2. The Morgan fingerprint density at radius 1 is 0.917 bits per heavy atom. The van der Waals surface area contributed by atoms with Gasteiger partial charge in [0.25, 0.3) is 0 Å². The third-order valence-electron chi connectivity index (χ3n) is 4.66. The van der Waals surface area contributed by atoms with Gasteiger partial charge in [-0.3, -0.25) is 4.79 Å². The first-order valence-electron chi connectivity index (χ1n) is 8.68. The number of rotatable bonds is 5. The van der Waals surface area contributed by atoms with Crippen molar-refractivity contribution in [1.29, 1.82) is 0 Å². The summed E-state index contributed by atoms with van der Waals surface area (Å²) in [6, 6.07) is 16.6. The normalized spacial score (nSPS) is 13.4. The van der Waals surface area contributed by atoms with Crippen LogP contribution in [0.3, 0.4) is 0 Å². The van der Waals surface area contributed by atoms with E-state index in [1.54, 1.807) is 0 Å². The van der Waals surface area contributed by atoms with Gasteiger partial charge in [0.15, 0.2) is 0 Å². The zero-order valence-electron chi connectivity index (χ0n) is 13.9. The third kappa shape index (κ3) is 3.73. The van der Waals surface area contributed by atoms with Crippen LogP contribution in [0.2, 0.25) is 0 Å². The van der Waals surface area contributed by atoms with Crippen LogP contribution in [0.4, 0.5) is 5.69 Å². The van der Waals surface area contributed by atoms with Crippen molar-refractivity contribution in [3.63, 3.8) is 0 Å². The molecule has 0 saturated carbocycles. The molecule has 3 rings (SSSR count). The fourth-order valence-electron chi connectivity index (χ4n) is 3.33. The highest BCUT2D eigenvalue weighted by atomic mass is 16.2. The van der Waals surface area contributed by atoms with Crippen LogP contribution in [0.25, 0.3) is 0 Å². The Kier molecular flexibility index (Phi) is 5.42. The van der Waals surface area contributed by atoms with E-state index in [1.165, 1.54) is 16.7 Å². The summed E-state index contributed by atoms with van der Waals surface area (Å²) in [5.74, 6) is 0.144. The number of hydrogen-bond acceptors (Lipinski definition) is 2. The van der Waals surface area contributed by atoms with Crippen LogP contribution < -0.4 is 4.90 Å². The van der Waals surface area contributed by atoms with E-state index < -0.39 is 0 Å². The second-order valence-corrected chi connectivity index (χ2v) is 6.29. The Morgan fingerprint density at radius 3 is 2.38 bits per heavy atom. The summed E-state index contributed by atoms with van der Waals surface area (Å²) in [4.78, 5) is 25.2. The molecule has 0 fully saturated rings. The van der Waals surface area contributed by atoms with Crippen molar-refractivity contribution in [3.05, 3.63) is 65.2 Å². The summed E-state index contributed by atoms with van der Waals surface area (Å²) in [6.45, 7) is 0.625. The first-order chi connectivity index (χ1) is 11.8. The molecule has 1 aliphatic heterocycles. The second kappa shape index (κ2) is 7.91. The minimum Gasteiger partial charge on any atom is -0.308 e. The van der Waals surface area contributed by atoms with Crippen LogP contribution in [0, 0.1) is 0 Å². The molecule has 1 aliphatic rings. The van der Waals surface area contributed by atoms with E-state index in [1.807, 2.05) is 29.2 Å². The molecular weight excluding hydrogens is 298 g/mol. The van der Waals surface area contributed by atoms with Crippen LogP contribution in [-0.4, -0.2) is 12.2 Å². The first kappa shape index (κ1) is 16.4. The number of benzene rings is 2. The number of aldehydes is 1. The van der Waals surface area contributed by atoms with E-state index in [2.05, 4.69) is 24.3 Å². The predicted octanol–water partition coefficient (Wildman–Crippen LogP) is 4.08. The zero-order valence-corrected chi connectivity index (χ0v) is 13.9. The maximum Gasteiger partial charge on any atom is 0.227 e. The molecule has 2 aromatic carbocycles. The Hall–Kier alpha value is -2.42. The lowest BCUT2D eigenvalue weighted by Gasteiger charge is -2.29. The van der Waals surface area contributed by atoms with E-state index in [4.69, 9.17) is 0 Å². The highest BCUT2D eigenvalue weighted by Gasteiger charge is 2.21. The topological polar surface area (TPSA) is 37.4 Å². The van der Waals surface area contributed by atoms with Crippen molar-refractivity contribution in [2.45, 2.75) is 45.1 Å². The molecule has 0 saturated heterocycles. The average Bonchev–Trinajstić information content (AvgIpc) is 2.60. The van der Waals surface area contributed by atoms with Gasteiger partial charge in [-0.1, -0.05) is 42.5 Å². The number of para-hydroxylation sites is 1. The molecule has 0 bridgehead atoms. The highest BCUT2D eigenvalue weighted by Crippen LogP contribution is 2.29. The summed E-state index contributed by atoms with van der Waals surface area (Å²) in [5, 5.41) is 0. The molecule has 3 nitrogen and oxygen atoms in total. The zero-order chi connectivity index (χ0) is 16.8. The number of amides is 1. The summed E-state index contributed by atoms with van der Waals surface area (Å²) >= 11 is 0. The molecule has 1 heterocycles. The second-order valence-electron chi connectivity index (χ2n) is 6.29. The maximum atomic E-state index is 12.8. The molecule has 2 aromatic rings. The Labute approximate surface area is 143 Å². The smallest absolute Gasteiger partial charge is 0.227 e. The molecule has 0 spiro atoms.